The molecule has 10 nitrogen and oxygen atoms in total. The van der Waals surface area contributed by atoms with Gasteiger partial charge in [-0.3, -0.25) is 19.4 Å². The Labute approximate surface area is 180 Å². The number of amidine groups is 1. The molecular weight excluding hydrogens is 446 g/mol. The van der Waals surface area contributed by atoms with Crippen molar-refractivity contribution in [3.63, 3.8) is 0 Å². The molecule has 2 fully saturated rings. The molecule has 0 bridgehead atoms. The van der Waals surface area contributed by atoms with Crippen molar-refractivity contribution < 1.29 is 24.1 Å². The SMILES string of the molecule is CN(SN(C)C(=O)O/N=C1/SC(C)(C)C(=O)N1C)C(=O)O/N=C1/CSCCS1. The number of amides is 3. The minimum Gasteiger partial charge on any atom is -0.296 e. The lowest BCUT2D eigenvalue weighted by atomic mass is 10.2. The third kappa shape index (κ3) is 6.12. The smallest absolute Gasteiger partial charge is 0.296 e. The topological polar surface area (TPSA) is 104 Å². The fourth-order valence-electron chi connectivity index (χ4n) is 1.92. The van der Waals surface area contributed by atoms with Crippen molar-refractivity contribution in [1.82, 2.24) is 13.5 Å². The average Bonchev–Trinajstić information content (AvgIpc) is 2.87. The molecule has 0 unspecified atom stereocenters. The van der Waals surface area contributed by atoms with Crippen LogP contribution in [0.15, 0.2) is 10.3 Å². The van der Waals surface area contributed by atoms with E-state index in [1.165, 1.54) is 30.8 Å². The molecule has 2 aliphatic heterocycles. The second-order valence-corrected chi connectivity index (χ2v) is 11.1. The zero-order valence-corrected chi connectivity index (χ0v) is 19.3. The maximum atomic E-state index is 12.1. The van der Waals surface area contributed by atoms with Gasteiger partial charge in [0.25, 0.3) is 0 Å². The van der Waals surface area contributed by atoms with Crippen LogP contribution >= 0.6 is 47.4 Å². The van der Waals surface area contributed by atoms with Crippen LogP contribution in [0.4, 0.5) is 9.59 Å². The van der Waals surface area contributed by atoms with Crippen molar-refractivity contribution in [2.45, 2.75) is 18.6 Å². The van der Waals surface area contributed by atoms with E-state index in [1.54, 1.807) is 44.4 Å². The molecule has 14 heteroatoms. The third-order valence-corrected chi connectivity index (χ3v) is 7.74. The van der Waals surface area contributed by atoms with Crippen LogP contribution < -0.4 is 0 Å². The molecule has 3 amide bonds. The number of thioether (sulfide) groups is 3. The van der Waals surface area contributed by atoms with E-state index in [1.807, 2.05) is 0 Å². The van der Waals surface area contributed by atoms with Gasteiger partial charge < -0.3 is 0 Å². The molecule has 156 valence electrons. The van der Waals surface area contributed by atoms with Crippen molar-refractivity contribution in [3.8, 4) is 0 Å². The molecule has 0 aromatic heterocycles. The van der Waals surface area contributed by atoms with Crippen molar-refractivity contribution in [2.24, 2.45) is 10.3 Å². The normalized spacial score (nSPS) is 21.8. The van der Waals surface area contributed by atoms with Crippen LogP contribution in [0, 0.1) is 0 Å². The van der Waals surface area contributed by atoms with Crippen LogP contribution in [0.1, 0.15) is 13.8 Å². The largest absolute Gasteiger partial charge is 0.447 e. The fraction of sp³-hybridized carbons (Fsp3) is 0.643. The molecule has 0 saturated carbocycles. The van der Waals surface area contributed by atoms with E-state index in [9.17, 15) is 14.4 Å². The van der Waals surface area contributed by atoms with Crippen LogP contribution in [-0.4, -0.2) is 85.0 Å². The molecule has 0 spiro atoms. The van der Waals surface area contributed by atoms with Crippen LogP contribution in [0.3, 0.4) is 0 Å². The van der Waals surface area contributed by atoms with Crippen LogP contribution in [0.5, 0.6) is 0 Å². The number of carbonyl (C=O) groups is 3. The average molecular weight is 468 g/mol. The number of hydrogen-bond acceptors (Lipinski definition) is 11. The number of carbonyl (C=O) groups excluding carboxylic acids is 3. The lowest BCUT2D eigenvalue weighted by molar-refractivity contribution is -0.127. The molecule has 0 N–H and O–H groups in total. The third-order valence-electron chi connectivity index (χ3n) is 3.36. The monoisotopic (exact) mass is 467 g/mol. The van der Waals surface area contributed by atoms with E-state index in [0.29, 0.717) is 5.75 Å². The minimum atomic E-state index is -0.811. The van der Waals surface area contributed by atoms with Gasteiger partial charge in [-0.05, 0) is 19.0 Å². The second kappa shape index (κ2) is 9.98. The fourth-order valence-corrected chi connectivity index (χ4v) is 5.54. The Morgan fingerprint density at radius 3 is 2.25 bits per heavy atom. The van der Waals surface area contributed by atoms with Crippen LogP contribution in [-0.2, 0) is 14.5 Å². The minimum absolute atomic E-state index is 0.131. The Morgan fingerprint density at radius 2 is 1.75 bits per heavy atom. The molecule has 2 rings (SSSR count). The maximum absolute atomic E-state index is 12.1. The summed E-state index contributed by atoms with van der Waals surface area (Å²) in [4.78, 5) is 47.1. The van der Waals surface area contributed by atoms with Crippen molar-refractivity contribution in [3.05, 3.63) is 0 Å². The highest BCUT2D eigenvalue weighted by molar-refractivity contribution is 8.18. The first-order valence-corrected chi connectivity index (χ1v) is 11.7. The van der Waals surface area contributed by atoms with Gasteiger partial charge >= 0.3 is 12.2 Å². The molecule has 28 heavy (non-hydrogen) atoms. The Kier molecular flexibility index (Phi) is 8.21. The summed E-state index contributed by atoms with van der Waals surface area (Å²) >= 11 is 5.24. The molecule has 0 atom stereocenters. The number of oxime groups is 2. The van der Waals surface area contributed by atoms with Crippen molar-refractivity contribution in [2.75, 3.05) is 38.4 Å². The Morgan fingerprint density at radius 1 is 1.14 bits per heavy atom. The highest BCUT2D eigenvalue weighted by Gasteiger charge is 2.43. The van der Waals surface area contributed by atoms with E-state index in [-0.39, 0.29) is 11.1 Å². The first-order chi connectivity index (χ1) is 13.1. The Bertz CT molecular complexity index is 694. The van der Waals surface area contributed by atoms with E-state index >= 15 is 0 Å². The molecule has 2 aliphatic rings. The number of nitrogens with zero attached hydrogens (tertiary/aromatic N) is 5. The summed E-state index contributed by atoms with van der Waals surface area (Å²) in [7, 11) is 4.41. The van der Waals surface area contributed by atoms with Crippen molar-refractivity contribution in [1.29, 1.82) is 0 Å². The summed E-state index contributed by atoms with van der Waals surface area (Å²) in [5.41, 5.74) is 0. The second-order valence-electron chi connectivity index (χ2n) is 6.03. The predicted molar refractivity (Wildman–Crippen MR) is 115 cm³/mol. The van der Waals surface area contributed by atoms with Gasteiger partial charge in [0.05, 0.1) is 16.9 Å². The quantitative estimate of drug-likeness (QED) is 0.351. The number of hydrogen-bond donors (Lipinski definition) is 0. The maximum Gasteiger partial charge on any atom is 0.447 e. The highest BCUT2D eigenvalue weighted by atomic mass is 32.2. The zero-order chi connectivity index (χ0) is 20.9. The van der Waals surface area contributed by atoms with Crippen LogP contribution in [0.25, 0.3) is 0 Å². The van der Waals surface area contributed by atoms with E-state index in [4.69, 9.17) is 9.68 Å². The predicted octanol–water partition coefficient (Wildman–Crippen LogP) is 2.73. The molecule has 0 aliphatic carbocycles. The molecular formula is C14H21N5O5S4. The summed E-state index contributed by atoms with van der Waals surface area (Å²) < 4.78 is 1.50. The summed E-state index contributed by atoms with van der Waals surface area (Å²) in [6.07, 6.45) is -1.54. The lowest BCUT2D eigenvalue weighted by Gasteiger charge is -2.19. The van der Waals surface area contributed by atoms with Crippen LogP contribution in [0.2, 0.25) is 0 Å². The summed E-state index contributed by atoms with van der Waals surface area (Å²) in [6.45, 7) is 3.52. The van der Waals surface area contributed by atoms with Gasteiger partial charge in [0.2, 0.25) is 11.1 Å². The van der Waals surface area contributed by atoms with Gasteiger partial charge in [0, 0.05) is 38.4 Å². The lowest BCUT2D eigenvalue weighted by Crippen LogP contribution is -2.33. The first-order valence-electron chi connectivity index (χ1n) is 8.02. The molecule has 0 aromatic rings. The Hall–Kier alpha value is -1.25. The summed E-state index contributed by atoms with van der Waals surface area (Å²) in [5.74, 6) is 2.56. The Balaban J connectivity index is 1.82. The van der Waals surface area contributed by atoms with E-state index < -0.39 is 16.9 Å². The highest BCUT2D eigenvalue weighted by Crippen LogP contribution is 2.35. The molecule has 2 heterocycles. The van der Waals surface area contributed by atoms with Gasteiger partial charge in [-0.1, -0.05) is 16.9 Å². The standard InChI is InChI=1S/C14H21N5O5S4/c1-14(2)10(20)17(3)11(27-14)16-24-13(22)19(5)28-18(4)12(21)23-15-9-8-25-6-7-26-9/h6-8H2,1-5H3/b15-9-,16-11+. The van der Waals surface area contributed by atoms with Gasteiger partial charge in [-0.25, -0.2) is 18.2 Å². The van der Waals surface area contributed by atoms with Crippen molar-refractivity contribution >= 4 is 75.7 Å². The molecule has 0 aromatic carbocycles. The van der Waals surface area contributed by atoms with E-state index in [2.05, 4.69) is 10.3 Å². The van der Waals surface area contributed by atoms with Gasteiger partial charge in [-0.15, -0.1) is 11.8 Å². The van der Waals surface area contributed by atoms with Gasteiger partial charge in [-0.2, -0.15) is 11.8 Å². The van der Waals surface area contributed by atoms with Gasteiger partial charge in [0.15, 0.2) is 0 Å². The summed E-state index contributed by atoms with van der Waals surface area (Å²) in [6, 6.07) is 0. The first kappa shape index (κ1) is 23.0. The zero-order valence-electron chi connectivity index (χ0n) is 16.0. The summed E-state index contributed by atoms with van der Waals surface area (Å²) in [5, 5.41) is 8.61. The van der Waals surface area contributed by atoms with Gasteiger partial charge in [0.1, 0.15) is 5.04 Å². The number of rotatable bonds is 4. The molecule has 0 radical (unpaired) electrons. The van der Waals surface area contributed by atoms with E-state index in [0.717, 1.165) is 37.3 Å². The molecule has 2 saturated heterocycles.